The third-order valence-corrected chi connectivity index (χ3v) is 2.30. The van der Waals surface area contributed by atoms with E-state index in [9.17, 15) is 5.11 Å². The van der Waals surface area contributed by atoms with Gasteiger partial charge in [-0.05, 0) is 32.5 Å². The lowest BCUT2D eigenvalue weighted by atomic mass is 9.98. The third kappa shape index (κ3) is 2.82. The van der Waals surface area contributed by atoms with Gasteiger partial charge >= 0.3 is 0 Å². The Labute approximate surface area is 84.9 Å². The third-order valence-electron chi connectivity index (χ3n) is 2.30. The smallest absolute Gasteiger partial charge is 0.107 e. The first kappa shape index (κ1) is 11.2. The summed E-state index contributed by atoms with van der Waals surface area (Å²) >= 11 is 0. The average Bonchev–Trinajstić information content (AvgIpc) is 2.53. The quantitative estimate of drug-likeness (QED) is 0.681. The summed E-state index contributed by atoms with van der Waals surface area (Å²) in [6.07, 6.45) is 2.52. The van der Waals surface area contributed by atoms with Crippen LogP contribution in [0.3, 0.4) is 0 Å². The monoisotopic (exact) mass is 197 g/mol. The van der Waals surface area contributed by atoms with Crippen LogP contribution in [0.2, 0.25) is 0 Å². The number of rotatable bonds is 5. The molecule has 0 saturated carbocycles. The molecule has 0 aromatic carbocycles. The fourth-order valence-electron chi connectivity index (χ4n) is 1.34. The van der Waals surface area contributed by atoms with Gasteiger partial charge in [0.05, 0.1) is 5.69 Å². The van der Waals surface area contributed by atoms with E-state index in [2.05, 4.69) is 17.3 Å². The second kappa shape index (κ2) is 4.57. The maximum absolute atomic E-state index is 10.1. The first-order valence-electron chi connectivity index (χ1n) is 4.99. The van der Waals surface area contributed by atoms with Crippen LogP contribution >= 0.6 is 0 Å². The van der Waals surface area contributed by atoms with E-state index in [1.807, 2.05) is 19.3 Å². The number of aryl methyl sites for hydroxylation is 1. The number of aliphatic hydroxyl groups is 1. The van der Waals surface area contributed by atoms with Gasteiger partial charge in [-0.15, -0.1) is 0 Å². The lowest BCUT2D eigenvalue weighted by molar-refractivity contribution is 0.0431. The van der Waals surface area contributed by atoms with Crippen LogP contribution in [0.25, 0.3) is 0 Å². The van der Waals surface area contributed by atoms with Crippen LogP contribution in [0.15, 0.2) is 12.3 Å². The van der Waals surface area contributed by atoms with E-state index >= 15 is 0 Å². The molecule has 0 aliphatic carbocycles. The van der Waals surface area contributed by atoms with E-state index in [4.69, 9.17) is 0 Å². The van der Waals surface area contributed by atoms with Crippen LogP contribution in [0.1, 0.15) is 26.0 Å². The Hall–Kier alpha value is -0.870. The number of nitrogens with one attached hydrogen (secondary N) is 1. The molecule has 14 heavy (non-hydrogen) atoms. The highest BCUT2D eigenvalue weighted by Gasteiger charge is 2.24. The van der Waals surface area contributed by atoms with Gasteiger partial charge < -0.3 is 10.4 Å². The zero-order valence-corrected chi connectivity index (χ0v) is 9.12. The summed E-state index contributed by atoms with van der Waals surface area (Å²) in [6.45, 7) is 5.58. The maximum atomic E-state index is 10.1. The summed E-state index contributed by atoms with van der Waals surface area (Å²) in [5.41, 5.74) is -0.0958. The lowest BCUT2D eigenvalue weighted by Crippen LogP contribution is -2.28. The molecule has 1 rings (SSSR count). The minimum atomic E-state index is -0.830. The summed E-state index contributed by atoms with van der Waals surface area (Å²) in [7, 11) is 1.85. The molecule has 0 aliphatic rings. The summed E-state index contributed by atoms with van der Waals surface area (Å²) in [6, 6.07) is 1.85. The summed E-state index contributed by atoms with van der Waals surface area (Å²) in [4.78, 5) is 0. The van der Waals surface area contributed by atoms with Crippen molar-refractivity contribution >= 4 is 0 Å². The molecule has 0 amide bonds. The molecule has 0 fully saturated rings. The highest BCUT2D eigenvalue weighted by molar-refractivity contribution is 5.08. The van der Waals surface area contributed by atoms with Crippen molar-refractivity contribution in [3.05, 3.63) is 18.0 Å². The SMILES string of the molecule is CCNCCC(C)(O)c1ccn(C)n1. The molecule has 0 bridgehead atoms. The molecular weight excluding hydrogens is 178 g/mol. The molecular formula is C10H19N3O. The molecule has 80 valence electrons. The van der Waals surface area contributed by atoms with Gasteiger partial charge in [0.25, 0.3) is 0 Å². The van der Waals surface area contributed by atoms with Crippen LogP contribution in [-0.2, 0) is 12.6 Å². The van der Waals surface area contributed by atoms with Crippen molar-refractivity contribution in [2.75, 3.05) is 13.1 Å². The van der Waals surface area contributed by atoms with E-state index in [1.54, 1.807) is 11.6 Å². The predicted octanol–water partition coefficient (Wildman–Crippen LogP) is 0.627. The molecule has 0 aliphatic heterocycles. The molecule has 1 aromatic heterocycles. The van der Waals surface area contributed by atoms with Crippen molar-refractivity contribution in [2.24, 2.45) is 7.05 Å². The number of hydrogen-bond acceptors (Lipinski definition) is 3. The van der Waals surface area contributed by atoms with Crippen molar-refractivity contribution in [1.29, 1.82) is 0 Å². The van der Waals surface area contributed by atoms with Crippen molar-refractivity contribution in [3.8, 4) is 0 Å². The van der Waals surface area contributed by atoms with E-state index in [0.717, 1.165) is 18.8 Å². The molecule has 1 unspecified atom stereocenters. The zero-order chi connectivity index (χ0) is 10.6. The lowest BCUT2D eigenvalue weighted by Gasteiger charge is -2.20. The number of hydrogen-bond donors (Lipinski definition) is 2. The molecule has 0 saturated heterocycles. The molecule has 0 spiro atoms. The Morgan fingerprint density at radius 3 is 2.86 bits per heavy atom. The molecule has 4 heteroatoms. The Kier molecular flexibility index (Phi) is 3.66. The van der Waals surface area contributed by atoms with Gasteiger partial charge in [-0.25, -0.2) is 0 Å². The highest BCUT2D eigenvalue weighted by atomic mass is 16.3. The molecule has 2 N–H and O–H groups in total. The van der Waals surface area contributed by atoms with E-state index < -0.39 is 5.60 Å². The average molecular weight is 197 g/mol. The van der Waals surface area contributed by atoms with Gasteiger partial charge in [-0.1, -0.05) is 6.92 Å². The fraction of sp³-hybridized carbons (Fsp3) is 0.700. The highest BCUT2D eigenvalue weighted by Crippen LogP contribution is 2.21. The molecule has 0 radical (unpaired) electrons. The zero-order valence-electron chi connectivity index (χ0n) is 9.12. The second-order valence-electron chi connectivity index (χ2n) is 3.75. The van der Waals surface area contributed by atoms with Crippen molar-refractivity contribution < 1.29 is 5.11 Å². The van der Waals surface area contributed by atoms with Gasteiger partial charge in [0.2, 0.25) is 0 Å². The minimum Gasteiger partial charge on any atom is -0.384 e. The van der Waals surface area contributed by atoms with Crippen LogP contribution < -0.4 is 5.32 Å². The second-order valence-corrected chi connectivity index (χ2v) is 3.75. The first-order valence-corrected chi connectivity index (χ1v) is 4.99. The number of nitrogens with zero attached hydrogens (tertiary/aromatic N) is 2. The van der Waals surface area contributed by atoms with Gasteiger partial charge in [-0.2, -0.15) is 5.10 Å². The van der Waals surface area contributed by atoms with Crippen molar-refractivity contribution in [3.63, 3.8) is 0 Å². The van der Waals surface area contributed by atoms with Crippen LogP contribution in [0.4, 0.5) is 0 Å². The predicted molar refractivity (Wildman–Crippen MR) is 55.9 cm³/mol. The number of aromatic nitrogens is 2. The van der Waals surface area contributed by atoms with Gasteiger partial charge in [0.1, 0.15) is 5.60 Å². The summed E-state index contributed by atoms with van der Waals surface area (Å²) in [5.74, 6) is 0. The Morgan fingerprint density at radius 1 is 1.64 bits per heavy atom. The van der Waals surface area contributed by atoms with Crippen LogP contribution in [0.5, 0.6) is 0 Å². The Bertz CT molecular complexity index is 281. The topological polar surface area (TPSA) is 50.1 Å². The van der Waals surface area contributed by atoms with Gasteiger partial charge in [0.15, 0.2) is 0 Å². The van der Waals surface area contributed by atoms with E-state index in [0.29, 0.717) is 6.42 Å². The largest absolute Gasteiger partial charge is 0.384 e. The normalized spacial score (nSPS) is 15.4. The molecule has 1 atom stereocenters. The fourth-order valence-corrected chi connectivity index (χ4v) is 1.34. The molecule has 4 nitrogen and oxygen atoms in total. The summed E-state index contributed by atoms with van der Waals surface area (Å²) in [5, 5.41) is 17.5. The Balaban J connectivity index is 2.56. The van der Waals surface area contributed by atoms with Crippen molar-refractivity contribution in [2.45, 2.75) is 25.9 Å². The van der Waals surface area contributed by atoms with Gasteiger partial charge in [0, 0.05) is 13.2 Å². The maximum Gasteiger partial charge on any atom is 0.107 e. The Morgan fingerprint density at radius 2 is 2.36 bits per heavy atom. The molecule has 1 heterocycles. The first-order chi connectivity index (χ1) is 6.56. The minimum absolute atomic E-state index is 0.678. The molecule has 1 aromatic rings. The standard InChI is InChI=1S/C10H19N3O/c1-4-11-7-6-10(2,14)9-5-8-13(3)12-9/h5,8,11,14H,4,6-7H2,1-3H3. The van der Waals surface area contributed by atoms with Crippen LogP contribution in [-0.4, -0.2) is 28.0 Å². The van der Waals surface area contributed by atoms with E-state index in [-0.39, 0.29) is 0 Å². The van der Waals surface area contributed by atoms with E-state index in [1.165, 1.54) is 0 Å². The van der Waals surface area contributed by atoms with Crippen LogP contribution in [0, 0.1) is 0 Å². The summed E-state index contributed by atoms with van der Waals surface area (Å²) < 4.78 is 1.71. The van der Waals surface area contributed by atoms with Crippen molar-refractivity contribution in [1.82, 2.24) is 15.1 Å². The van der Waals surface area contributed by atoms with Gasteiger partial charge in [-0.3, -0.25) is 4.68 Å².